The summed E-state index contributed by atoms with van der Waals surface area (Å²) in [7, 11) is 1.68. The number of aliphatic imine (C=N–C) groups is 1. The molecular formula is C27H36FN5O2. The number of hydrogen-bond acceptors (Lipinski definition) is 5. The molecule has 1 aliphatic rings. The fourth-order valence-electron chi connectivity index (χ4n) is 3.93. The van der Waals surface area contributed by atoms with Gasteiger partial charge in [0.2, 0.25) is 0 Å². The number of para-hydroxylation sites is 1. The first-order valence-corrected chi connectivity index (χ1v) is 11.8. The molecule has 7 nitrogen and oxygen atoms in total. The Balaban J connectivity index is 1.81. The molecule has 8 heteroatoms. The Kier molecular flexibility index (Phi) is 9.01. The third-order valence-corrected chi connectivity index (χ3v) is 6.04. The highest BCUT2D eigenvalue weighted by Crippen LogP contribution is 2.27. The van der Waals surface area contributed by atoms with E-state index in [-0.39, 0.29) is 28.9 Å². The number of nitrogens with two attached hydrogens (primary N) is 1. The standard InChI is InChI=1S/C27H36FN5O2/c1-27(2,3)24(29)16-25(30-22-13-9-8-12-21(22)28)32-26(34)31-23-18-33(14-15-35-4)17-20(23)19-10-6-5-7-11-19/h5-13,16,20,23H,14-15,17-18,29H2,1-4H3,(H2,30,31,32,34)/t20-,23+/m0/s1. The van der Waals surface area contributed by atoms with Gasteiger partial charge in [-0.15, -0.1) is 0 Å². The van der Waals surface area contributed by atoms with E-state index in [2.05, 4.69) is 32.7 Å². The second kappa shape index (κ2) is 12.0. The zero-order valence-corrected chi connectivity index (χ0v) is 20.9. The molecule has 0 saturated carbocycles. The minimum Gasteiger partial charge on any atom is -0.401 e. The van der Waals surface area contributed by atoms with E-state index < -0.39 is 11.8 Å². The summed E-state index contributed by atoms with van der Waals surface area (Å²) in [6.07, 6.45) is 1.58. The molecule has 1 heterocycles. The summed E-state index contributed by atoms with van der Waals surface area (Å²) >= 11 is 0. The number of nitrogens with zero attached hydrogens (tertiary/aromatic N) is 2. The van der Waals surface area contributed by atoms with Crippen LogP contribution in [0.3, 0.4) is 0 Å². The van der Waals surface area contributed by atoms with Crippen molar-refractivity contribution in [2.75, 3.05) is 33.4 Å². The molecule has 2 amide bonds. The summed E-state index contributed by atoms with van der Waals surface area (Å²) < 4.78 is 19.5. The third-order valence-electron chi connectivity index (χ3n) is 6.04. The molecule has 2 aromatic rings. The number of halogens is 1. The second-order valence-corrected chi connectivity index (χ2v) is 9.77. The van der Waals surface area contributed by atoms with Gasteiger partial charge in [0.15, 0.2) is 0 Å². The molecule has 35 heavy (non-hydrogen) atoms. The van der Waals surface area contributed by atoms with Gasteiger partial charge in [-0.05, 0) is 17.7 Å². The first-order chi connectivity index (χ1) is 16.7. The fraction of sp³-hybridized carbons (Fsp3) is 0.407. The predicted molar refractivity (Wildman–Crippen MR) is 138 cm³/mol. The summed E-state index contributed by atoms with van der Waals surface area (Å²) in [6, 6.07) is 15.8. The zero-order chi connectivity index (χ0) is 25.4. The van der Waals surface area contributed by atoms with Gasteiger partial charge in [0.05, 0.1) is 12.6 Å². The number of benzene rings is 2. The Morgan fingerprint density at radius 3 is 2.51 bits per heavy atom. The zero-order valence-electron chi connectivity index (χ0n) is 20.9. The smallest absolute Gasteiger partial charge is 0.320 e. The first kappa shape index (κ1) is 26.4. The highest BCUT2D eigenvalue weighted by Gasteiger charge is 2.34. The second-order valence-electron chi connectivity index (χ2n) is 9.77. The van der Waals surface area contributed by atoms with Gasteiger partial charge in [-0.2, -0.15) is 0 Å². The number of hydrogen-bond donors (Lipinski definition) is 3. The van der Waals surface area contributed by atoms with Crippen LogP contribution in [0.25, 0.3) is 0 Å². The van der Waals surface area contributed by atoms with E-state index in [9.17, 15) is 9.18 Å². The lowest BCUT2D eigenvalue weighted by molar-refractivity contribution is 0.159. The van der Waals surface area contributed by atoms with E-state index in [1.165, 1.54) is 6.07 Å². The Labute approximate surface area is 207 Å². The van der Waals surface area contributed by atoms with Crippen molar-refractivity contribution < 1.29 is 13.9 Å². The van der Waals surface area contributed by atoms with Gasteiger partial charge in [-0.3, -0.25) is 10.2 Å². The lowest BCUT2D eigenvalue weighted by Crippen LogP contribution is -2.47. The number of amides is 2. The maximum absolute atomic E-state index is 14.3. The van der Waals surface area contributed by atoms with E-state index >= 15 is 0 Å². The summed E-state index contributed by atoms with van der Waals surface area (Å²) in [4.78, 5) is 19.7. The number of ether oxygens (including phenoxy) is 1. The molecule has 188 valence electrons. The topological polar surface area (TPSA) is 92.0 Å². The monoisotopic (exact) mass is 481 g/mol. The minimum absolute atomic E-state index is 0.118. The van der Waals surface area contributed by atoms with E-state index in [0.717, 1.165) is 18.7 Å². The highest BCUT2D eigenvalue weighted by molar-refractivity contribution is 6.05. The molecule has 0 spiro atoms. The molecule has 0 aliphatic carbocycles. The summed E-state index contributed by atoms with van der Waals surface area (Å²) in [5.74, 6) is -0.185. The van der Waals surface area contributed by atoms with Gasteiger partial charge in [0, 0.05) is 49.9 Å². The molecule has 4 N–H and O–H groups in total. The van der Waals surface area contributed by atoms with Crippen molar-refractivity contribution in [2.45, 2.75) is 32.7 Å². The van der Waals surface area contributed by atoms with Crippen molar-refractivity contribution in [3.8, 4) is 0 Å². The molecule has 1 fully saturated rings. The Morgan fingerprint density at radius 2 is 1.86 bits per heavy atom. The van der Waals surface area contributed by atoms with E-state index in [0.29, 0.717) is 18.8 Å². The molecule has 2 aromatic carbocycles. The number of amidine groups is 1. The van der Waals surface area contributed by atoms with Gasteiger partial charge in [0.1, 0.15) is 17.3 Å². The van der Waals surface area contributed by atoms with E-state index in [1.54, 1.807) is 31.4 Å². The van der Waals surface area contributed by atoms with Gasteiger partial charge in [-0.25, -0.2) is 14.2 Å². The Morgan fingerprint density at radius 1 is 1.17 bits per heavy atom. The molecule has 0 bridgehead atoms. The number of methoxy groups -OCH3 is 1. The SMILES string of the molecule is COCCN1C[C@@H](NC(=O)NC(C=C(N)C(C)(C)C)=Nc2ccccc2F)[C@H](c2ccccc2)C1. The number of nitrogens with one attached hydrogen (secondary N) is 2. The maximum atomic E-state index is 14.3. The van der Waals surface area contributed by atoms with Crippen LogP contribution < -0.4 is 16.4 Å². The quantitative estimate of drug-likeness (QED) is 0.409. The predicted octanol–water partition coefficient (Wildman–Crippen LogP) is 4.16. The van der Waals surface area contributed by atoms with Crippen molar-refractivity contribution in [1.29, 1.82) is 0 Å². The summed E-state index contributed by atoms with van der Waals surface area (Å²) in [6.45, 7) is 8.77. The van der Waals surface area contributed by atoms with Crippen LogP contribution in [0.1, 0.15) is 32.3 Å². The number of rotatable bonds is 7. The third kappa shape index (κ3) is 7.63. The molecular weight excluding hydrogens is 445 g/mol. The molecule has 1 aliphatic heterocycles. The lowest BCUT2D eigenvalue weighted by atomic mass is 9.92. The minimum atomic E-state index is -0.483. The van der Waals surface area contributed by atoms with Crippen LogP contribution >= 0.6 is 0 Å². The lowest BCUT2D eigenvalue weighted by Gasteiger charge is -2.22. The number of carbonyl (C=O) groups is 1. The number of carbonyl (C=O) groups excluding carboxylic acids is 1. The van der Waals surface area contributed by atoms with Gasteiger partial charge in [0.25, 0.3) is 0 Å². The van der Waals surface area contributed by atoms with E-state index in [1.807, 2.05) is 39.0 Å². The average molecular weight is 482 g/mol. The van der Waals surface area contributed by atoms with Crippen LogP contribution in [0.4, 0.5) is 14.9 Å². The van der Waals surface area contributed by atoms with Crippen molar-refractivity contribution in [2.24, 2.45) is 16.1 Å². The largest absolute Gasteiger partial charge is 0.401 e. The van der Waals surface area contributed by atoms with Crippen molar-refractivity contribution in [3.05, 3.63) is 77.8 Å². The molecule has 0 unspecified atom stereocenters. The van der Waals surface area contributed by atoms with Crippen LogP contribution in [-0.2, 0) is 4.74 Å². The van der Waals surface area contributed by atoms with Gasteiger partial charge < -0.3 is 15.8 Å². The van der Waals surface area contributed by atoms with Crippen molar-refractivity contribution >= 4 is 17.6 Å². The van der Waals surface area contributed by atoms with Crippen LogP contribution in [0, 0.1) is 11.2 Å². The number of urea groups is 1. The number of likely N-dealkylation sites (tertiary alicyclic amines) is 1. The summed E-state index contributed by atoms with van der Waals surface area (Å²) in [5.41, 5.74) is 7.69. The first-order valence-electron chi connectivity index (χ1n) is 11.8. The van der Waals surface area contributed by atoms with Crippen LogP contribution in [0.5, 0.6) is 0 Å². The normalized spacial score (nSPS) is 19.6. The average Bonchev–Trinajstić information content (AvgIpc) is 3.21. The van der Waals surface area contributed by atoms with Gasteiger partial charge in [-0.1, -0.05) is 63.2 Å². The highest BCUT2D eigenvalue weighted by atomic mass is 19.1. The van der Waals surface area contributed by atoms with Gasteiger partial charge >= 0.3 is 6.03 Å². The summed E-state index contributed by atoms with van der Waals surface area (Å²) in [5, 5.41) is 5.89. The number of allylic oxidation sites excluding steroid dienone is 1. The van der Waals surface area contributed by atoms with Crippen LogP contribution in [0.2, 0.25) is 0 Å². The molecule has 1 saturated heterocycles. The molecule has 2 atom stereocenters. The van der Waals surface area contributed by atoms with E-state index in [4.69, 9.17) is 10.5 Å². The van der Waals surface area contributed by atoms with Crippen LogP contribution in [0.15, 0.2) is 71.4 Å². The van der Waals surface area contributed by atoms with Crippen molar-refractivity contribution in [1.82, 2.24) is 15.5 Å². The molecule has 3 rings (SSSR count). The fourth-order valence-corrected chi connectivity index (χ4v) is 3.93. The Bertz CT molecular complexity index is 1050. The van der Waals surface area contributed by atoms with Crippen molar-refractivity contribution in [3.63, 3.8) is 0 Å². The Hall–Kier alpha value is -3.23. The maximum Gasteiger partial charge on any atom is 0.320 e. The van der Waals surface area contributed by atoms with Crippen LogP contribution in [-0.4, -0.2) is 56.2 Å². The molecule has 0 aromatic heterocycles. The molecule has 0 radical (unpaired) electrons.